The van der Waals surface area contributed by atoms with Crippen molar-refractivity contribution in [3.05, 3.63) is 59.8 Å². The summed E-state index contributed by atoms with van der Waals surface area (Å²) in [6.07, 6.45) is 5.14. The molecule has 1 fully saturated rings. The Balaban J connectivity index is 1.79. The van der Waals surface area contributed by atoms with Crippen molar-refractivity contribution in [2.24, 2.45) is 13.0 Å². The van der Waals surface area contributed by atoms with Crippen molar-refractivity contribution in [2.75, 3.05) is 26.6 Å². The van der Waals surface area contributed by atoms with Crippen LogP contribution in [0.4, 0.5) is 4.39 Å². The van der Waals surface area contributed by atoms with Crippen molar-refractivity contribution in [3.63, 3.8) is 0 Å². The first-order chi connectivity index (χ1) is 20.4. The number of fused-ring (bicyclic) bond motifs is 3. The summed E-state index contributed by atoms with van der Waals surface area (Å²) >= 11 is 0. The minimum absolute atomic E-state index is 0.0401. The molecular formula is C28H29FN6O4S. The summed E-state index contributed by atoms with van der Waals surface area (Å²) in [7, 11) is -0.806. The number of halogens is 1. The van der Waals surface area contributed by atoms with Gasteiger partial charge in [-0.2, -0.15) is 0 Å². The van der Waals surface area contributed by atoms with Crippen molar-refractivity contribution in [3.8, 4) is 17.1 Å². The molecule has 0 aliphatic carbocycles. The lowest BCUT2D eigenvalue weighted by Crippen LogP contribution is -2.27. The second-order valence-electron chi connectivity index (χ2n) is 9.95. The molecule has 0 N–H and O–H groups in total. The zero-order chi connectivity index (χ0) is 30.7. The fourth-order valence-electron chi connectivity index (χ4n) is 5.75. The van der Waals surface area contributed by atoms with Crippen molar-refractivity contribution >= 4 is 31.8 Å². The maximum atomic E-state index is 14.8. The first-order valence-corrected chi connectivity index (χ1v) is 14.6. The zero-order valence-electron chi connectivity index (χ0n) is 25.1. The highest BCUT2D eigenvalue weighted by Crippen LogP contribution is 2.45. The molecule has 0 spiro atoms. The molecule has 12 heteroatoms. The van der Waals surface area contributed by atoms with Crippen LogP contribution in [0.5, 0.6) is 5.88 Å². The highest BCUT2D eigenvalue weighted by molar-refractivity contribution is 7.91. The van der Waals surface area contributed by atoms with Gasteiger partial charge in [-0.1, -0.05) is 17.3 Å². The summed E-state index contributed by atoms with van der Waals surface area (Å²) in [5.41, 5.74) is 2.29. The first kappa shape index (κ1) is 22.9. The lowest BCUT2D eigenvalue weighted by molar-refractivity contribution is 0.0552. The van der Waals surface area contributed by atoms with Crippen LogP contribution in [0.15, 0.2) is 47.6 Å². The van der Waals surface area contributed by atoms with Crippen molar-refractivity contribution < 1.29 is 26.4 Å². The van der Waals surface area contributed by atoms with E-state index in [2.05, 4.69) is 15.3 Å². The summed E-state index contributed by atoms with van der Waals surface area (Å²) in [4.78, 5) is 9.01. The van der Waals surface area contributed by atoms with Crippen molar-refractivity contribution in [1.82, 2.24) is 29.5 Å². The lowest BCUT2D eigenvalue weighted by Gasteiger charge is -2.33. The Kier molecular flexibility index (Phi) is 5.68. The Morgan fingerprint density at radius 1 is 1.20 bits per heavy atom. The average Bonchev–Trinajstić information content (AvgIpc) is 3.51. The smallest absolute Gasteiger partial charge is 0.224 e. The van der Waals surface area contributed by atoms with E-state index < -0.39 is 28.5 Å². The van der Waals surface area contributed by atoms with E-state index in [4.69, 9.17) is 18.6 Å². The van der Waals surface area contributed by atoms with Gasteiger partial charge in [-0.25, -0.2) is 22.5 Å². The SMILES string of the molecule is [2H]C([2H])([2H])c1nnn(C)c1-c1cnc2c3c(OC)ncc(S(C)(=O)=O)c3n(C(c3cccc(F)c3)C3CCOCC3)c2c1. The number of nitrogens with zero attached hydrogens (tertiary/aromatic N) is 6. The van der Waals surface area contributed by atoms with E-state index in [-0.39, 0.29) is 28.1 Å². The van der Waals surface area contributed by atoms with Gasteiger partial charge in [0.1, 0.15) is 16.2 Å². The molecule has 6 rings (SSSR count). The summed E-state index contributed by atoms with van der Waals surface area (Å²) in [5, 5.41) is 8.23. The first-order valence-electron chi connectivity index (χ1n) is 14.2. The van der Waals surface area contributed by atoms with Gasteiger partial charge in [0.15, 0.2) is 9.84 Å². The van der Waals surface area contributed by atoms with E-state index in [1.165, 1.54) is 36.3 Å². The van der Waals surface area contributed by atoms with Crippen LogP contribution < -0.4 is 4.74 Å². The predicted molar refractivity (Wildman–Crippen MR) is 148 cm³/mol. The minimum Gasteiger partial charge on any atom is -0.480 e. The molecule has 0 saturated carbocycles. The third-order valence-electron chi connectivity index (χ3n) is 7.46. The third-order valence-corrected chi connectivity index (χ3v) is 8.56. The van der Waals surface area contributed by atoms with Gasteiger partial charge in [0.05, 0.1) is 47.2 Å². The highest BCUT2D eigenvalue weighted by atomic mass is 32.2. The molecular weight excluding hydrogens is 535 g/mol. The highest BCUT2D eigenvalue weighted by Gasteiger charge is 2.34. The predicted octanol–water partition coefficient (Wildman–Crippen LogP) is 4.26. The Morgan fingerprint density at radius 2 is 2.00 bits per heavy atom. The van der Waals surface area contributed by atoms with Crippen molar-refractivity contribution in [2.45, 2.75) is 30.6 Å². The number of hydrogen-bond acceptors (Lipinski definition) is 8. The molecule has 5 heterocycles. The van der Waals surface area contributed by atoms with Crippen LogP contribution in [0.2, 0.25) is 0 Å². The van der Waals surface area contributed by atoms with Gasteiger partial charge < -0.3 is 14.0 Å². The Hall–Kier alpha value is -3.90. The van der Waals surface area contributed by atoms with Gasteiger partial charge in [0, 0.05) is 42.4 Å². The largest absolute Gasteiger partial charge is 0.480 e. The van der Waals surface area contributed by atoms with Gasteiger partial charge >= 0.3 is 0 Å². The normalized spacial score (nSPS) is 17.1. The van der Waals surface area contributed by atoms with Gasteiger partial charge in [0.25, 0.3) is 0 Å². The van der Waals surface area contributed by atoms with E-state index in [1.54, 1.807) is 19.2 Å². The van der Waals surface area contributed by atoms with Crippen LogP contribution in [0.1, 0.15) is 34.3 Å². The number of aryl methyl sites for hydroxylation is 2. The number of ether oxygens (including phenoxy) is 2. The Labute approximate surface area is 234 Å². The number of sulfone groups is 1. The molecule has 0 bridgehead atoms. The van der Waals surface area contributed by atoms with E-state index in [0.717, 1.165) is 6.26 Å². The van der Waals surface area contributed by atoms with Crippen LogP contribution in [0, 0.1) is 18.6 Å². The summed E-state index contributed by atoms with van der Waals surface area (Å²) < 4.78 is 79.8. The second kappa shape index (κ2) is 9.93. The Morgan fingerprint density at radius 3 is 2.70 bits per heavy atom. The van der Waals surface area contributed by atoms with Gasteiger partial charge in [-0.05, 0) is 49.4 Å². The summed E-state index contributed by atoms with van der Waals surface area (Å²) in [5.74, 6) is -0.331. The van der Waals surface area contributed by atoms with E-state index in [1.807, 2.05) is 10.6 Å². The molecule has 0 radical (unpaired) electrons. The molecule has 1 aromatic carbocycles. The average molecular weight is 568 g/mol. The van der Waals surface area contributed by atoms with E-state index in [9.17, 15) is 12.8 Å². The molecule has 1 saturated heterocycles. The van der Waals surface area contributed by atoms with Crippen molar-refractivity contribution in [1.29, 1.82) is 0 Å². The minimum atomic E-state index is -3.83. The topological polar surface area (TPSA) is 114 Å². The molecule has 1 aliphatic rings. The number of hydrogen-bond donors (Lipinski definition) is 0. The number of pyridine rings is 2. The Bertz CT molecular complexity index is 1970. The molecule has 1 unspecified atom stereocenters. The zero-order valence-corrected chi connectivity index (χ0v) is 22.9. The fourth-order valence-corrected chi connectivity index (χ4v) is 6.55. The van der Waals surface area contributed by atoms with Crippen LogP contribution in [-0.2, 0) is 21.6 Å². The number of rotatable bonds is 6. The molecule has 1 aliphatic heterocycles. The number of methoxy groups -OCH3 is 1. The van der Waals surface area contributed by atoms with E-state index in [0.29, 0.717) is 59.1 Å². The second-order valence-corrected chi connectivity index (χ2v) is 11.9. The third kappa shape index (κ3) is 4.31. The van der Waals surface area contributed by atoms with Crippen LogP contribution in [0.25, 0.3) is 33.2 Å². The van der Waals surface area contributed by atoms with Crippen LogP contribution >= 0.6 is 0 Å². The molecule has 5 aromatic rings. The van der Waals surface area contributed by atoms with Crippen LogP contribution in [-0.4, -0.2) is 64.5 Å². The van der Waals surface area contributed by atoms with Gasteiger partial charge in [-0.3, -0.25) is 4.98 Å². The van der Waals surface area contributed by atoms with E-state index >= 15 is 0 Å². The summed E-state index contributed by atoms with van der Waals surface area (Å²) in [6.45, 7) is -1.57. The van der Waals surface area contributed by atoms with Gasteiger partial charge in [0.2, 0.25) is 5.88 Å². The quantitative estimate of drug-likeness (QED) is 0.299. The summed E-state index contributed by atoms with van der Waals surface area (Å²) in [6, 6.07) is 7.44. The molecule has 1 atom stereocenters. The number of aromatic nitrogens is 6. The monoisotopic (exact) mass is 567 g/mol. The lowest BCUT2D eigenvalue weighted by atomic mass is 9.86. The van der Waals surface area contributed by atoms with Gasteiger partial charge in [-0.15, -0.1) is 5.10 Å². The molecule has 10 nitrogen and oxygen atoms in total. The maximum Gasteiger partial charge on any atom is 0.224 e. The molecule has 0 amide bonds. The molecule has 40 heavy (non-hydrogen) atoms. The number of benzene rings is 1. The van der Waals surface area contributed by atoms with Crippen LogP contribution in [0.3, 0.4) is 0 Å². The standard InChI is InChI=1S/C28H29FN6O4S/c1-16-25(34(2)33-32-16)19-13-21-24(30-14-19)23-27(22(40(4,36)37)15-31-28(23)38-3)35(21)26(17-8-10-39-11-9-17)18-6-5-7-20(29)12-18/h5-7,12-15,17,26H,8-11H2,1-4H3/i1D3. The molecule has 208 valence electrons. The fraction of sp³-hybridized carbons (Fsp3) is 0.357. The maximum absolute atomic E-state index is 14.8. The molecule has 4 aromatic heterocycles.